The molecule has 1 aromatic rings. The lowest BCUT2D eigenvalue weighted by molar-refractivity contribution is 0.489. The Labute approximate surface area is 106 Å². The monoisotopic (exact) mass is 250 g/mol. The fourth-order valence-corrected chi connectivity index (χ4v) is 3.76. The topological polar surface area (TPSA) is 42.2 Å². The van der Waals surface area contributed by atoms with Gasteiger partial charge in [0.25, 0.3) is 0 Å². The van der Waals surface area contributed by atoms with E-state index < -0.39 is 0 Å². The molecule has 0 radical (unpaired) electrons. The SMILES string of the molecule is Cn1ccnc1CN=C1NC2CCCC2CS1. The Morgan fingerprint density at radius 3 is 3.35 bits per heavy atom. The molecule has 4 nitrogen and oxygen atoms in total. The number of aromatic nitrogens is 2. The minimum atomic E-state index is 0.677. The van der Waals surface area contributed by atoms with Crippen molar-refractivity contribution in [3.05, 3.63) is 18.2 Å². The molecule has 1 N–H and O–H groups in total. The van der Waals surface area contributed by atoms with E-state index in [0.29, 0.717) is 12.6 Å². The van der Waals surface area contributed by atoms with Crippen LogP contribution in [0.2, 0.25) is 0 Å². The fourth-order valence-electron chi connectivity index (χ4n) is 2.60. The molecule has 1 aromatic heterocycles. The molecule has 1 saturated carbocycles. The molecule has 2 unspecified atom stereocenters. The third-order valence-electron chi connectivity index (χ3n) is 3.69. The van der Waals surface area contributed by atoms with Crippen LogP contribution in [0.15, 0.2) is 17.4 Å². The van der Waals surface area contributed by atoms with Gasteiger partial charge >= 0.3 is 0 Å². The van der Waals surface area contributed by atoms with Crippen molar-refractivity contribution in [2.24, 2.45) is 18.0 Å². The molecule has 3 rings (SSSR count). The maximum absolute atomic E-state index is 4.63. The van der Waals surface area contributed by atoms with Gasteiger partial charge in [-0.25, -0.2) is 4.98 Å². The highest BCUT2D eigenvalue weighted by molar-refractivity contribution is 8.13. The zero-order valence-electron chi connectivity index (χ0n) is 10.1. The Morgan fingerprint density at radius 1 is 1.59 bits per heavy atom. The van der Waals surface area contributed by atoms with Crippen LogP contribution in [-0.4, -0.2) is 26.5 Å². The second-order valence-corrected chi connectivity index (χ2v) is 5.84. The number of thioether (sulfide) groups is 1. The molecule has 1 aliphatic carbocycles. The van der Waals surface area contributed by atoms with Gasteiger partial charge in [-0.1, -0.05) is 18.2 Å². The van der Waals surface area contributed by atoms with Crippen molar-refractivity contribution in [1.82, 2.24) is 14.9 Å². The van der Waals surface area contributed by atoms with Gasteiger partial charge in [0.15, 0.2) is 5.17 Å². The summed E-state index contributed by atoms with van der Waals surface area (Å²) in [5.41, 5.74) is 0. The highest BCUT2D eigenvalue weighted by atomic mass is 32.2. The molecule has 92 valence electrons. The average Bonchev–Trinajstić information content (AvgIpc) is 2.94. The van der Waals surface area contributed by atoms with Crippen LogP contribution in [0, 0.1) is 5.92 Å². The molecule has 2 heterocycles. The minimum Gasteiger partial charge on any atom is -0.362 e. The van der Waals surface area contributed by atoms with Crippen LogP contribution >= 0.6 is 11.8 Å². The summed E-state index contributed by atoms with van der Waals surface area (Å²) in [4.78, 5) is 8.92. The zero-order valence-corrected chi connectivity index (χ0v) is 10.9. The van der Waals surface area contributed by atoms with E-state index in [1.165, 1.54) is 25.0 Å². The van der Waals surface area contributed by atoms with E-state index in [1.807, 2.05) is 35.8 Å². The summed E-state index contributed by atoms with van der Waals surface area (Å²) < 4.78 is 2.02. The molecule has 0 bridgehead atoms. The lowest BCUT2D eigenvalue weighted by Gasteiger charge is -2.27. The zero-order chi connectivity index (χ0) is 11.7. The molecule has 2 aliphatic rings. The third-order valence-corrected chi connectivity index (χ3v) is 4.80. The summed E-state index contributed by atoms with van der Waals surface area (Å²) in [5, 5.41) is 4.68. The molecular formula is C12H18N4S. The Hall–Kier alpha value is -0.970. The summed E-state index contributed by atoms with van der Waals surface area (Å²) >= 11 is 1.87. The van der Waals surface area contributed by atoms with Gasteiger partial charge in [-0.05, 0) is 18.8 Å². The van der Waals surface area contributed by atoms with Crippen LogP contribution in [0.1, 0.15) is 25.1 Å². The van der Waals surface area contributed by atoms with Gasteiger partial charge in [0.1, 0.15) is 5.82 Å². The van der Waals surface area contributed by atoms with Gasteiger partial charge in [0, 0.05) is 31.2 Å². The van der Waals surface area contributed by atoms with E-state index >= 15 is 0 Å². The highest BCUT2D eigenvalue weighted by Crippen LogP contribution is 2.32. The molecule has 0 amide bonds. The standard InChI is InChI=1S/C12H18N4S/c1-16-6-5-13-11(16)7-14-12-15-10-4-2-3-9(10)8-17-12/h5-6,9-10H,2-4,7-8H2,1H3,(H,14,15). The van der Waals surface area contributed by atoms with Crippen LogP contribution in [0.3, 0.4) is 0 Å². The van der Waals surface area contributed by atoms with Crippen molar-refractivity contribution in [3.63, 3.8) is 0 Å². The van der Waals surface area contributed by atoms with Gasteiger partial charge in [0.2, 0.25) is 0 Å². The minimum absolute atomic E-state index is 0.677. The molecule has 1 saturated heterocycles. The number of rotatable bonds is 2. The van der Waals surface area contributed by atoms with Crippen molar-refractivity contribution in [1.29, 1.82) is 0 Å². The highest BCUT2D eigenvalue weighted by Gasteiger charge is 2.31. The van der Waals surface area contributed by atoms with Crippen molar-refractivity contribution in [2.45, 2.75) is 31.8 Å². The van der Waals surface area contributed by atoms with E-state index in [9.17, 15) is 0 Å². The van der Waals surface area contributed by atoms with E-state index in [4.69, 9.17) is 0 Å². The average molecular weight is 250 g/mol. The third kappa shape index (κ3) is 2.34. The molecular weight excluding hydrogens is 232 g/mol. The van der Waals surface area contributed by atoms with Gasteiger partial charge in [-0.2, -0.15) is 0 Å². The molecule has 5 heteroatoms. The number of nitrogens with one attached hydrogen (secondary N) is 1. The number of aliphatic imine (C=N–C) groups is 1. The second kappa shape index (κ2) is 4.72. The molecule has 2 fully saturated rings. The van der Waals surface area contributed by atoms with Crippen LogP contribution in [0.5, 0.6) is 0 Å². The van der Waals surface area contributed by atoms with Crippen LogP contribution < -0.4 is 5.32 Å². The number of aryl methyl sites for hydroxylation is 1. The largest absolute Gasteiger partial charge is 0.362 e. The lowest BCUT2D eigenvalue weighted by Crippen LogP contribution is -2.41. The van der Waals surface area contributed by atoms with Crippen LogP contribution in [0.4, 0.5) is 0 Å². The van der Waals surface area contributed by atoms with Crippen molar-refractivity contribution < 1.29 is 0 Å². The Bertz CT molecular complexity index is 426. The first kappa shape index (κ1) is 11.1. The lowest BCUT2D eigenvalue weighted by atomic mass is 10.1. The van der Waals surface area contributed by atoms with Crippen molar-refractivity contribution in [2.75, 3.05) is 5.75 Å². The number of imidazole rings is 1. The first-order chi connectivity index (χ1) is 8.33. The smallest absolute Gasteiger partial charge is 0.157 e. The predicted octanol–water partition coefficient (Wildman–Crippen LogP) is 1.78. The summed E-state index contributed by atoms with van der Waals surface area (Å²) in [7, 11) is 2.01. The molecule has 17 heavy (non-hydrogen) atoms. The summed E-state index contributed by atoms with van der Waals surface area (Å²) in [5.74, 6) is 3.12. The van der Waals surface area contributed by atoms with Gasteiger partial charge in [-0.3, -0.25) is 4.99 Å². The second-order valence-electron chi connectivity index (χ2n) is 4.83. The molecule has 1 aliphatic heterocycles. The van der Waals surface area contributed by atoms with Gasteiger partial charge in [0.05, 0.1) is 6.54 Å². The van der Waals surface area contributed by atoms with Gasteiger partial charge in [-0.15, -0.1) is 0 Å². The number of nitrogens with zero attached hydrogens (tertiary/aromatic N) is 3. The van der Waals surface area contributed by atoms with E-state index in [-0.39, 0.29) is 0 Å². The molecule has 0 spiro atoms. The first-order valence-electron chi connectivity index (χ1n) is 6.23. The number of hydrogen-bond acceptors (Lipinski definition) is 3. The Balaban J connectivity index is 1.63. The first-order valence-corrected chi connectivity index (χ1v) is 7.21. The normalized spacial score (nSPS) is 30.3. The predicted molar refractivity (Wildman–Crippen MR) is 71.1 cm³/mol. The van der Waals surface area contributed by atoms with Crippen molar-refractivity contribution >= 4 is 16.9 Å². The maximum atomic E-state index is 4.63. The van der Waals surface area contributed by atoms with Crippen LogP contribution in [-0.2, 0) is 13.6 Å². The maximum Gasteiger partial charge on any atom is 0.157 e. The molecule has 0 aromatic carbocycles. The summed E-state index contributed by atoms with van der Waals surface area (Å²) in [6.07, 6.45) is 7.85. The van der Waals surface area contributed by atoms with E-state index in [1.54, 1.807) is 0 Å². The summed E-state index contributed by atoms with van der Waals surface area (Å²) in [6.45, 7) is 0.677. The number of amidine groups is 1. The van der Waals surface area contributed by atoms with Crippen molar-refractivity contribution in [3.8, 4) is 0 Å². The number of hydrogen-bond donors (Lipinski definition) is 1. The molecule has 2 atom stereocenters. The quantitative estimate of drug-likeness (QED) is 0.870. The fraction of sp³-hybridized carbons (Fsp3) is 0.667. The Kier molecular flexibility index (Phi) is 3.09. The van der Waals surface area contributed by atoms with E-state index in [0.717, 1.165) is 16.9 Å². The van der Waals surface area contributed by atoms with Gasteiger partial charge < -0.3 is 9.88 Å². The Morgan fingerprint density at radius 2 is 2.53 bits per heavy atom. The van der Waals surface area contributed by atoms with Crippen LogP contribution in [0.25, 0.3) is 0 Å². The van der Waals surface area contributed by atoms with E-state index in [2.05, 4.69) is 15.3 Å². The summed E-state index contributed by atoms with van der Waals surface area (Å²) in [6, 6.07) is 0.677. The number of fused-ring (bicyclic) bond motifs is 1.